The first kappa shape index (κ1) is 25.5. The molecule has 2 nitrogen and oxygen atoms in total. The second kappa shape index (κ2) is 19.2. The molecule has 4 heteroatoms. The molecule has 0 amide bonds. The highest BCUT2D eigenvalue weighted by atomic mass is 32.2. The fourth-order valence-corrected chi connectivity index (χ4v) is 5.81. The van der Waals surface area contributed by atoms with Crippen molar-refractivity contribution in [1.82, 2.24) is 0 Å². The summed E-state index contributed by atoms with van der Waals surface area (Å²) >= 11 is 1.85. The van der Waals surface area contributed by atoms with Crippen molar-refractivity contribution in [3.05, 3.63) is 0 Å². The van der Waals surface area contributed by atoms with Crippen LogP contribution in [0.2, 0.25) is 0 Å². The highest BCUT2D eigenvalue weighted by Crippen LogP contribution is 2.15. The molecule has 0 saturated carbocycles. The first-order valence-electron chi connectivity index (χ1n) is 10.7. The first-order chi connectivity index (χ1) is 12.1. The maximum Gasteiger partial charge on any atom is 0.0691 e. The Balaban J connectivity index is 3.20. The van der Waals surface area contributed by atoms with Crippen LogP contribution in [0, 0.1) is 0 Å². The summed E-state index contributed by atoms with van der Waals surface area (Å²) in [5, 5.41) is 9.53. The van der Waals surface area contributed by atoms with Crippen molar-refractivity contribution in [2.75, 3.05) is 17.8 Å². The Morgan fingerprint density at radius 2 is 1.20 bits per heavy atom. The molecule has 0 aromatic rings. The highest BCUT2D eigenvalue weighted by Gasteiger charge is 2.18. The van der Waals surface area contributed by atoms with Gasteiger partial charge in [-0.15, -0.1) is 0 Å². The first-order valence-corrected chi connectivity index (χ1v) is 13.4. The van der Waals surface area contributed by atoms with Gasteiger partial charge in [0.25, 0.3) is 0 Å². The van der Waals surface area contributed by atoms with Gasteiger partial charge >= 0.3 is 0 Å². The zero-order chi connectivity index (χ0) is 18.8. The van der Waals surface area contributed by atoms with Crippen molar-refractivity contribution in [2.45, 2.75) is 115 Å². The topological polar surface area (TPSA) is 37.3 Å². The van der Waals surface area contributed by atoms with Gasteiger partial charge < -0.3 is 5.11 Å². The zero-order valence-corrected chi connectivity index (χ0v) is 18.8. The van der Waals surface area contributed by atoms with E-state index in [-0.39, 0.29) is 5.25 Å². The monoisotopic (exact) mass is 392 g/mol. The molecule has 0 aliphatic heterocycles. The number of rotatable bonds is 19. The Kier molecular flexibility index (Phi) is 19.6. The summed E-state index contributed by atoms with van der Waals surface area (Å²) in [6, 6.07) is 0. The molecule has 0 rings (SSSR count). The number of thioether (sulfide) groups is 1. The molecule has 0 radical (unpaired) electrons. The molecule has 0 fully saturated rings. The molecule has 0 aromatic heterocycles. The molecule has 0 aliphatic rings. The number of unbranched alkanes of at least 4 members (excludes halogenated alkanes) is 13. The lowest BCUT2D eigenvalue weighted by molar-refractivity contribution is 0.196. The molecule has 3 atom stereocenters. The average molecular weight is 393 g/mol. The third kappa shape index (κ3) is 17.6. The summed E-state index contributed by atoms with van der Waals surface area (Å²) in [5.74, 6) is 1.96. The summed E-state index contributed by atoms with van der Waals surface area (Å²) in [4.78, 5) is 0. The Morgan fingerprint density at radius 3 is 1.56 bits per heavy atom. The van der Waals surface area contributed by atoms with Crippen molar-refractivity contribution in [3.63, 3.8) is 0 Å². The largest absolute Gasteiger partial charge is 0.392 e. The van der Waals surface area contributed by atoms with Gasteiger partial charge in [0, 0.05) is 22.8 Å². The maximum absolute atomic E-state index is 11.5. The Morgan fingerprint density at radius 1 is 0.800 bits per heavy atom. The average Bonchev–Trinajstić information content (AvgIpc) is 2.57. The van der Waals surface area contributed by atoms with E-state index in [0.29, 0.717) is 0 Å². The quantitative estimate of drug-likeness (QED) is 0.261. The molecule has 3 unspecified atom stereocenters. The molecule has 0 bridgehead atoms. The molecule has 1 N–H and O–H groups in total. The maximum atomic E-state index is 11.5. The lowest BCUT2D eigenvalue weighted by Gasteiger charge is -2.16. The Labute approximate surface area is 164 Å². The van der Waals surface area contributed by atoms with Crippen LogP contribution in [-0.4, -0.2) is 38.4 Å². The van der Waals surface area contributed by atoms with Crippen LogP contribution in [0.3, 0.4) is 0 Å². The van der Waals surface area contributed by atoms with Crippen molar-refractivity contribution >= 4 is 22.6 Å². The van der Waals surface area contributed by atoms with Gasteiger partial charge in [-0.1, -0.05) is 90.4 Å². The van der Waals surface area contributed by atoms with E-state index < -0.39 is 16.9 Å². The predicted molar refractivity (Wildman–Crippen MR) is 117 cm³/mol. The van der Waals surface area contributed by atoms with Crippen LogP contribution in [0.25, 0.3) is 0 Å². The fourth-order valence-electron chi connectivity index (χ4n) is 3.11. The molecular weight excluding hydrogens is 348 g/mol. The van der Waals surface area contributed by atoms with Crippen LogP contribution in [0.1, 0.15) is 104 Å². The molecular formula is C21H44O2S2. The lowest BCUT2D eigenvalue weighted by atomic mass is 10.0. The van der Waals surface area contributed by atoms with Crippen LogP contribution < -0.4 is 0 Å². The van der Waals surface area contributed by atoms with E-state index in [1.165, 1.54) is 89.9 Å². The third-order valence-electron chi connectivity index (χ3n) is 4.89. The Bertz CT molecular complexity index is 296. The standard InChI is InChI=1S/C21H44O2S2/c1-4-5-6-7-8-9-10-11-12-13-14-15-16-17-18-24-19-21(20(2)22)25(3)23/h20-22H,4-19H2,1-3H3. The van der Waals surface area contributed by atoms with E-state index >= 15 is 0 Å². The molecule has 0 heterocycles. The minimum absolute atomic E-state index is 0.0726. The van der Waals surface area contributed by atoms with Crippen LogP contribution in [0.5, 0.6) is 0 Å². The van der Waals surface area contributed by atoms with Gasteiger partial charge in [-0.3, -0.25) is 4.21 Å². The van der Waals surface area contributed by atoms with Gasteiger partial charge in [-0.05, 0) is 19.1 Å². The SMILES string of the molecule is CCCCCCCCCCCCCCCCSCC(C(C)O)S(C)=O. The van der Waals surface area contributed by atoms with Gasteiger partial charge in [0.15, 0.2) is 0 Å². The smallest absolute Gasteiger partial charge is 0.0691 e. The predicted octanol–water partition coefficient (Wildman–Crippen LogP) is 6.33. The number of hydrogen-bond donors (Lipinski definition) is 1. The number of hydrogen-bond acceptors (Lipinski definition) is 3. The molecule has 0 aromatic carbocycles. The third-order valence-corrected chi connectivity index (χ3v) is 7.69. The molecule has 25 heavy (non-hydrogen) atoms. The van der Waals surface area contributed by atoms with Gasteiger partial charge in [-0.25, -0.2) is 0 Å². The fraction of sp³-hybridized carbons (Fsp3) is 1.00. The van der Waals surface area contributed by atoms with Crippen LogP contribution in [0.4, 0.5) is 0 Å². The second-order valence-electron chi connectivity index (χ2n) is 7.45. The minimum Gasteiger partial charge on any atom is -0.392 e. The summed E-state index contributed by atoms with van der Waals surface area (Å²) in [6.45, 7) is 4.03. The molecule has 0 aliphatic carbocycles. The molecule has 0 spiro atoms. The number of aliphatic hydroxyl groups is 1. The van der Waals surface area contributed by atoms with E-state index in [0.717, 1.165) is 11.5 Å². The van der Waals surface area contributed by atoms with Crippen molar-refractivity contribution < 1.29 is 9.32 Å². The summed E-state index contributed by atoms with van der Waals surface area (Å²) in [7, 11) is -0.922. The van der Waals surface area contributed by atoms with Crippen LogP contribution in [0.15, 0.2) is 0 Å². The van der Waals surface area contributed by atoms with E-state index in [2.05, 4.69) is 6.92 Å². The second-order valence-corrected chi connectivity index (χ2v) is 10.2. The van der Waals surface area contributed by atoms with Gasteiger partial charge in [0.2, 0.25) is 0 Å². The normalized spacial score (nSPS) is 15.2. The van der Waals surface area contributed by atoms with E-state index in [9.17, 15) is 9.32 Å². The minimum atomic E-state index is -0.922. The van der Waals surface area contributed by atoms with Crippen molar-refractivity contribution in [2.24, 2.45) is 0 Å². The Hall–Kier alpha value is 0.460. The molecule has 0 saturated heterocycles. The highest BCUT2D eigenvalue weighted by molar-refractivity contribution is 8.00. The van der Waals surface area contributed by atoms with E-state index in [1.54, 1.807) is 13.2 Å². The van der Waals surface area contributed by atoms with Crippen LogP contribution in [-0.2, 0) is 10.8 Å². The summed E-state index contributed by atoms with van der Waals surface area (Å²) in [5.41, 5.74) is 0. The zero-order valence-electron chi connectivity index (χ0n) is 17.1. The van der Waals surface area contributed by atoms with Crippen molar-refractivity contribution in [3.8, 4) is 0 Å². The van der Waals surface area contributed by atoms with E-state index in [1.807, 2.05) is 11.8 Å². The van der Waals surface area contributed by atoms with Gasteiger partial charge in [0.1, 0.15) is 0 Å². The van der Waals surface area contributed by atoms with Gasteiger partial charge in [0.05, 0.1) is 11.4 Å². The lowest BCUT2D eigenvalue weighted by Crippen LogP contribution is -2.29. The van der Waals surface area contributed by atoms with Gasteiger partial charge in [-0.2, -0.15) is 11.8 Å². The summed E-state index contributed by atoms with van der Waals surface area (Å²) in [6.07, 6.45) is 20.8. The van der Waals surface area contributed by atoms with Crippen molar-refractivity contribution in [1.29, 1.82) is 0 Å². The summed E-state index contributed by atoms with van der Waals surface area (Å²) < 4.78 is 11.5. The van der Waals surface area contributed by atoms with Crippen LogP contribution >= 0.6 is 11.8 Å². The molecule has 152 valence electrons. The number of aliphatic hydroxyl groups excluding tert-OH is 1. The van der Waals surface area contributed by atoms with E-state index in [4.69, 9.17) is 0 Å².